The van der Waals surface area contributed by atoms with Crippen molar-refractivity contribution in [2.45, 2.75) is 19.1 Å². The van der Waals surface area contributed by atoms with Crippen LogP contribution in [0.2, 0.25) is 0 Å². The van der Waals surface area contributed by atoms with Gasteiger partial charge in [0.05, 0.1) is 7.11 Å². The first kappa shape index (κ1) is 20.0. The largest absolute Gasteiger partial charge is 0.497 e. The summed E-state index contributed by atoms with van der Waals surface area (Å²) in [6, 6.07) is 15.9. The molecule has 2 aromatic carbocycles. The van der Waals surface area contributed by atoms with Gasteiger partial charge in [-0.25, -0.2) is 4.79 Å². The fourth-order valence-electron chi connectivity index (χ4n) is 2.41. The molecule has 142 valence electrons. The zero-order valence-electron chi connectivity index (χ0n) is 15.3. The Bertz CT molecular complexity index is 745. The molecule has 6 heteroatoms. The summed E-state index contributed by atoms with van der Waals surface area (Å²) in [4.78, 5) is 24.5. The zero-order chi connectivity index (χ0) is 19.5. The van der Waals surface area contributed by atoms with Gasteiger partial charge in [0.25, 0.3) is 0 Å². The average Bonchev–Trinajstić information content (AvgIpc) is 2.71. The van der Waals surface area contributed by atoms with E-state index in [-0.39, 0.29) is 12.5 Å². The number of carbonyl (C=O) groups excluding carboxylic acids is 2. The first-order chi connectivity index (χ1) is 13.1. The predicted molar refractivity (Wildman–Crippen MR) is 103 cm³/mol. The number of benzene rings is 2. The zero-order valence-corrected chi connectivity index (χ0v) is 15.3. The van der Waals surface area contributed by atoms with Gasteiger partial charge in [0.2, 0.25) is 5.91 Å². The van der Waals surface area contributed by atoms with E-state index < -0.39 is 12.1 Å². The van der Waals surface area contributed by atoms with E-state index in [9.17, 15) is 9.59 Å². The third-order valence-electron chi connectivity index (χ3n) is 3.84. The second kappa shape index (κ2) is 10.7. The van der Waals surface area contributed by atoms with Crippen molar-refractivity contribution in [2.24, 2.45) is 0 Å². The highest BCUT2D eigenvalue weighted by atomic mass is 16.5. The predicted octanol–water partition coefficient (Wildman–Crippen LogP) is 2.83. The number of rotatable bonds is 9. The van der Waals surface area contributed by atoms with Crippen molar-refractivity contribution < 1.29 is 19.1 Å². The minimum atomic E-state index is -0.762. The summed E-state index contributed by atoms with van der Waals surface area (Å²) < 4.78 is 10.4. The average molecular weight is 368 g/mol. The van der Waals surface area contributed by atoms with Crippen molar-refractivity contribution in [2.75, 3.05) is 13.7 Å². The Morgan fingerprint density at radius 3 is 2.41 bits per heavy atom. The Morgan fingerprint density at radius 2 is 1.78 bits per heavy atom. The first-order valence-electron chi connectivity index (χ1n) is 8.61. The van der Waals surface area contributed by atoms with Crippen LogP contribution in [0.15, 0.2) is 67.3 Å². The molecule has 0 aliphatic rings. The smallest absolute Gasteiger partial charge is 0.408 e. The summed E-state index contributed by atoms with van der Waals surface area (Å²) in [6.45, 7) is 4.03. The Kier molecular flexibility index (Phi) is 7.91. The fraction of sp³-hybridized carbons (Fsp3) is 0.238. The van der Waals surface area contributed by atoms with E-state index in [0.29, 0.717) is 13.0 Å². The lowest BCUT2D eigenvalue weighted by Crippen LogP contribution is -2.48. The summed E-state index contributed by atoms with van der Waals surface area (Å²) in [5.74, 6) is 0.420. The molecule has 2 amide bonds. The summed E-state index contributed by atoms with van der Waals surface area (Å²) in [5.41, 5.74) is 1.76. The fourth-order valence-corrected chi connectivity index (χ4v) is 2.41. The number of ether oxygens (including phenoxy) is 2. The maximum atomic E-state index is 12.4. The molecule has 0 fully saturated rings. The second-order valence-electron chi connectivity index (χ2n) is 5.84. The van der Waals surface area contributed by atoms with Crippen molar-refractivity contribution >= 4 is 12.0 Å². The number of carbonyl (C=O) groups is 2. The number of amides is 2. The third kappa shape index (κ3) is 6.86. The molecule has 0 aliphatic heterocycles. The van der Waals surface area contributed by atoms with Crippen LogP contribution in [0.4, 0.5) is 4.79 Å². The molecule has 2 N–H and O–H groups in total. The SMILES string of the molecule is C=CCNC(=O)[C@H](Cc1ccc(OC)cc1)NC(=O)OCc1ccccc1. The number of hydrogen-bond acceptors (Lipinski definition) is 4. The summed E-state index contributed by atoms with van der Waals surface area (Å²) >= 11 is 0. The van der Waals surface area contributed by atoms with Crippen LogP contribution in [0, 0.1) is 0 Å². The normalized spacial score (nSPS) is 11.1. The Balaban J connectivity index is 1.98. The lowest BCUT2D eigenvalue weighted by atomic mass is 10.1. The van der Waals surface area contributed by atoms with Crippen molar-refractivity contribution in [3.63, 3.8) is 0 Å². The monoisotopic (exact) mass is 368 g/mol. The van der Waals surface area contributed by atoms with E-state index in [0.717, 1.165) is 16.9 Å². The molecule has 0 unspecified atom stereocenters. The van der Waals surface area contributed by atoms with Crippen molar-refractivity contribution in [3.8, 4) is 5.75 Å². The van der Waals surface area contributed by atoms with Gasteiger partial charge in [-0.1, -0.05) is 48.5 Å². The van der Waals surface area contributed by atoms with E-state index >= 15 is 0 Å². The summed E-state index contributed by atoms with van der Waals surface area (Å²) in [5, 5.41) is 5.34. The molecule has 0 heterocycles. The van der Waals surface area contributed by atoms with Gasteiger partial charge in [-0.15, -0.1) is 6.58 Å². The van der Waals surface area contributed by atoms with Crippen LogP contribution < -0.4 is 15.4 Å². The molecule has 27 heavy (non-hydrogen) atoms. The van der Waals surface area contributed by atoms with Gasteiger partial charge in [0, 0.05) is 13.0 Å². The van der Waals surface area contributed by atoms with Gasteiger partial charge >= 0.3 is 6.09 Å². The van der Waals surface area contributed by atoms with E-state index in [1.54, 1.807) is 13.2 Å². The first-order valence-corrected chi connectivity index (χ1v) is 8.61. The van der Waals surface area contributed by atoms with Gasteiger partial charge < -0.3 is 20.1 Å². The quantitative estimate of drug-likeness (QED) is 0.668. The number of methoxy groups -OCH3 is 1. The molecule has 1 atom stereocenters. The number of nitrogens with one attached hydrogen (secondary N) is 2. The molecule has 0 spiro atoms. The van der Waals surface area contributed by atoms with Gasteiger partial charge in [0.1, 0.15) is 18.4 Å². The second-order valence-corrected chi connectivity index (χ2v) is 5.84. The standard InChI is InChI=1S/C21H24N2O4/c1-3-13-22-20(24)19(14-16-9-11-18(26-2)12-10-16)23-21(25)27-15-17-7-5-4-6-8-17/h3-12,19H,1,13-15H2,2H3,(H,22,24)(H,23,25)/t19-/m0/s1. The Labute approximate surface area is 159 Å². The van der Waals surface area contributed by atoms with E-state index in [4.69, 9.17) is 9.47 Å². The van der Waals surface area contributed by atoms with Crippen molar-refractivity contribution in [3.05, 3.63) is 78.4 Å². The van der Waals surface area contributed by atoms with Gasteiger partial charge in [-0.05, 0) is 23.3 Å². The minimum Gasteiger partial charge on any atom is -0.497 e. The summed E-state index contributed by atoms with van der Waals surface area (Å²) in [6.07, 6.45) is 1.26. The van der Waals surface area contributed by atoms with Crippen molar-refractivity contribution in [1.29, 1.82) is 0 Å². The summed E-state index contributed by atoms with van der Waals surface area (Å²) in [7, 11) is 1.59. The van der Waals surface area contributed by atoms with Crippen molar-refractivity contribution in [1.82, 2.24) is 10.6 Å². The van der Waals surface area contributed by atoms with E-state index in [1.165, 1.54) is 0 Å². The lowest BCUT2D eigenvalue weighted by molar-refractivity contribution is -0.122. The van der Waals surface area contributed by atoms with Crippen LogP contribution in [0.25, 0.3) is 0 Å². The number of hydrogen-bond donors (Lipinski definition) is 2. The van der Waals surface area contributed by atoms with Crippen LogP contribution in [-0.4, -0.2) is 31.7 Å². The third-order valence-corrected chi connectivity index (χ3v) is 3.84. The van der Waals surface area contributed by atoms with Gasteiger partial charge in [-0.2, -0.15) is 0 Å². The maximum Gasteiger partial charge on any atom is 0.408 e. The van der Waals surface area contributed by atoms with Gasteiger partial charge in [-0.3, -0.25) is 4.79 Å². The number of alkyl carbamates (subject to hydrolysis) is 1. The van der Waals surface area contributed by atoms with E-state index in [1.807, 2.05) is 54.6 Å². The van der Waals surface area contributed by atoms with Crippen LogP contribution >= 0.6 is 0 Å². The Morgan fingerprint density at radius 1 is 1.07 bits per heavy atom. The highest BCUT2D eigenvalue weighted by molar-refractivity contribution is 5.86. The lowest BCUT2D eigenvalue weighted by Gasteiger charge is -2.18. The van der Waals surface area contributed by atoms with Crippen LogP contribution in [0.5, 0.6) is 5.75 Å². The highest BCUT2D eigenvalue weighted by Gasteiger charge is 2.21. The van der Waals surface area contributed by atoms with Crippen LogP contribution in [0.1, 0.15) is 11.1 Å². The molecule has 0 bridgehead atoms. The molecule has 0 saturated heterocycles. The maximum absolute atomic E-state index is 12.4. The highest BCUT2D eigenvalue weighted by Crippen LogP contribution is 2.13. The molecule has 2 rings (SSSR count). The minimum absolute atomic E-state index is 0.135. The topological polar surface area (TPSA) is 76.7 Å². The molecular formula is C21H24N2O4. The molecule has 0 saturated carbocycles. The molecule has 0 aliphatic carbocycles. The molecule has 0 aromatic heterocycles. The molecule has 6 nitrogen and oxygen atoms in total. The van der Waals surface area contributed by atoms with Crippen LogP contribution in [-0.2, 0) is 22.6 Å². The molecular weight excluding hydrogens is 344 g/mol. The molecule has 0 radical (unpaired) electrons. The van der Waals surface area contributed by atoms with Gasteiger partial charge in [0.15, 0.2) is 0 Å². The Hall–Kier alpha value is -3.28. The van der Waals surface area contributed by atoms with Crippen LogP contribution in [0.3, 0.4) is 0 Å². The molecule has 2 aromatic rings. The van der Waals surface area contributed by atoms with E-state index in [2.05, 4.69) is 17.2 Å².